The molecular weight excluding hydrogens is 270 g/mol. The lowest BCUT2D eigenvalue weighted by Gasteiger charge is -2.37. The molecule has 2 aliphatic rings. The van der Waals surface area contributed by atoms with Crippen molar-refractivity contribution in [3.05, 3.63) is 23.9 Å². The van der Waals surface area contributed by atoms with Gasteiger partial charge in [0.15, 0.2) is 0 Å². The van der Waals surface area contributed by atoms with Gasteiger partial charge in [0.1, 0.15) is 12.1 Å². The normalized spacial score (nSPS) is 25.7. The van der Waals surface area contributed by atoms with Crippen LogP contribution in [-0.4, -0.2) is 40.9 Å². The first kappa shape index (κ1) is 13.9. The fourth-order valence-electron chi connectivity index (χ4n) is 2.72. The number of carbonyl (C=O) groups is 2. The van der Waals surface area contributed by atoms with Gasteiger partial charge in [0.25, 0.3) is 0 Å². The molecule has 6 nitrogen and oxygen atoms in total. The highest BCUT2D eigenvalue weighted by molar-refractivity contribution is 5.97. The largest absolute Gasteiger partial charge is 0.481 e. The Labute approximate surface area is 123 Å². The zero-order valence-electron chi connectivity index (χ0n) is 12.2. The first-order valence-electron chi connectivity index (χ1n) is 7.20. The third-order valence-electron chi connectivity index (χ3n) is 4.17. The zero-order valence-corrected chi connectivity index (χ0v) is 12.2. The first-order chi connectivity index (χ1) is 10.1. The highest BCUT2D eigenvalue weighted by Gasteiger charge is 2.45. The van der Waals surface area contributed by atoms with E-state index in [2.05, 4.69) is 10.3 Å². The third-order valence-corrected chi connectivity index (χ3v) is 4.17. The SMILES string of the molecule is COc1ncccc1CN1C(=O)C(C2CC2)NC(=O)C1C. The summed E-state index contributed by atoms with van der Waals surface area (Å²) in [6, 6.07) is 2.83. The number of piperazine rings is 1. The van der Waals surface area contributed by atoms with E-state index in [-0.39, 0.29) is 17.9 Å². The van der Waals surface area contributed by atoms with Crippen molar-refractivity contribution >= 4 is 11.8 Å². The number of rotatable bonds is 4. The van der Waals surface area contributed by atoms with E-state index in [1.165, 1.54) is 0 Å². The Bertz CT molecular complexity index is 571. The van der Waals surface area contributed by atoms with Gasteiger partial charge in [-0.15, -0.1) is 0 Å². The average Bonchev–Trinajstić information content (AvgIpc) is 3.32. The molecule has 1 aromatic heterocycles. The quantitative estimate of drug-likeness (QED) is 0.886. The van der Waals surface area contributed by atoms with Gasteiger partial charge in [0.05, 0.1) is 13.7 Å². The van der Waals surface area contributed by atoms with Crippen molar-refractivity contribution in [1.29, 1.82) is 0 Å². The zero-order chi connectivity index (χ0) is 15.0. The molecule has 3 rings (SSSR count). The number of nitrogens with zero attached hydrogens (tertiary/aromatic N) is 2. The van der Waals surface area contributed by atoms with Gasteiger partial charge >= 0.3 is 0 Å². The lowest BCUT2D eigenvalue weighted by molar-refractivity contribution is -0.149. The molecule has 1 aromatic rings. The Morgan fingerprint density at radius 3 is 2.86 bits per heavy atom. The Hall–Kier alpha value is -2.11. The number of aromatic nitrogens is 1. The van der Waals surface area contributed by atoms with Crippen LogP contribution in [-0.2, 0) is 16.1 Å². The van der Waals surface area contributed by atoms with Gasteiger partial charge in [-0.1, -0.05) is 6.07 Å². The standard InChI is InChI=1S/C15H19N3O3/c1-9-13(19)17-12(10-5-6-10)15(20)18(9)8-11-4-3-7-16-14(11)21-2/h3-4,7,9-10,12H,5-6,8H2,1-2H3,(H,17,19). The minimum atomic E-state index is -0.475. The third kappa shape index (κ3) is 2.57. The second-order valence-electron chi connectivity index (χ2n) is 5.64. The van der Waals surface area contributed by atoms with Gasteiger partial charge in [0, 0.05) is 11.8 Å². The Balaban J connectivity index is 1.84. The maximum absolute atomic E-state index is 12.6. The van der Waals surface area contributed by atoms with Crippen LogP contribution in [0.3, 0.4) is 0 Å². The predicted octanol–water partition coefficient (Wildman–Crippen LogP) is 0.716. The first-order valence-corrected chi connectivity index (χ1v) is 7.20. The summed E-state index contributed by atoms with van der Waals surface area (Å²) >= 11 is 0. The molecule has 112 valence electrons. The second-order valence-corrected chi connectivity index (χ2v) is 5.64. The fourth-order valence-corrected chi connectivity index (χ4v) is 2.72. The number of hydrogen-bond acceptors (Lipinski definition) is 4. The minimum Gasteiger partial charge on any atom is -0.481 e. The predicted molar refractivity (Wildman–Crippen MR) is 75.5 cm³/mol. The summed E-state index contributed by atoms with van der Waals surface area (Å²) in [5.41, 5.74) is 0.810. The molecule has 0 bridgehead atoms. The summed E-state index contributed by atoms with van der Waals surface area (Å²) in [4.78, 5) is 30.5. The molecule has 1 saturated carbocycles. The molecular formula is C15H19N3O3. The van der Waals surface area contributed by atoms with Crippen molar-refractivity contribution in [2.45, 2.75) is 38.4 Å². The van der Waals surface area contributed by atoms with Crippen LogP contribution in [0, 0.1) is 5.92 Å². The molecule has 1 aliphatic carbocycles. The van der Waals surface area contributed by atoms with E-state index in [1.54, 1.807) is 31.2 Å². The molecule has 0 radical (unpaired) electrons. The lowest BCUT2D eigenvalue weighted by Crippen LogP contribution is -2.62. The van der Waals surface area contributed by atoms with E-state index in [1.807, 2.05) is 6.07 Å². The van der Waals surface area contributed by atoms with Crippen LogP contribution in [0.5, 0.6) is 5.88 Å². The highest BCUT2D eigenvalue weighted by Crippen LogP contribution is 2.35. The molecule has 2 amide bonds. The highest BCUT2D eigenvalue weighted by atomic mass is 16.5. The number of ether oxygens (including phenoxy) is 1. The molecule has 2 fully saturated rings. The molecule has 1 aliphatic heterocycles. The molecule has 0 aromatic carbocycles. The molecule has 6 heteroatoms. The van der Waals surface area contributed by atoms with Crippen molar-refractivity contribution in [2.24, 2.45) is 5.92 Å². The van der Waals surface area contributed by atoms with Crippen LogP contribution < -0.4 is 10.1 Å². The molecule has 2 heterocycles. The van der Waals surface area contributed by atoms with E-state index < -0.39 is 6.04 Å². The van der Waals surface area contributed by atoms with Gasteiger partial charge < -0.3 is 15.0 Å². The van der Waals surface area contributed by atoms with E-state index in [0.717, 1.165) is 18.4 Å². The number of methoxy groups -OCH3 is 1. The van der Waals surface area contributed by atoms with Gasteiger partial charge in [0.2, 0.25) is 17.7 Å². The van der Waals surface area contributed by atoms with Crippen LogP contribution in [0.4, 0.5) is 0 Å². The summed E-state index contributed by atoms with van der Waals surface area (Å²) < 4.78 is 5.22. The molecule has 1 N–H and O–H groups in total. The van der Waals surface area contributed by atoms with Crippen LogP contribution in [0.1, 0.15) is 25.3 Å². The molecule has 0 spiro atoms. The maximum Gasteiger partial charge on any atom is 0.246 e. The Kier molecular flexibility index (Phi) is 3.53. The van der Waals surface area contributed by atoms with E-state index >= 15 is 0 Å². The van der Waals surface area contributed by atoms with Gasteiger partial charge in [-0.05, 0) is 31.7 Å². The molecule has 2 unspecified atom stereocenters. The number of nitrogens with one attached hydrogen (secondary N) is 1. The smallest absolute Gasteiger partial charge is 0.246 e. The van der Waals surface area contributed by atoms with Crippen LogP contribution in [0.25, 0.3) is 0 Å². The maximum atomic E-state index is 12.6. The van der Waals surface area contributed by atoms with Crippen molar-refractivity contribution in [2.75, 3.05) is 7.11 Å². The van der Waals surface area contributed by atoms with Crippen LogP contribution in [0.15, 0.2) is 18.3 Å². The van der Waals surface area contributed by atoms with Crippen LogP contribution in [0.2, 0.25) is 0 Å². The van der Waals surface area contributed by atoms with Crippen molar-refractivity contribution in [3.63, 3.8) is 0 Å². The number of hydrogen-bond donors (Lipinski definition) is 1. The number of pyridine rings is 1. The summed E-state index contributed by atoms with van der Waals surface area (Å²) in [6.45, 7) is 2.09. The fraction of sp³-hybridized carbons (Fsp3) is 0.533. The molecule has 2 atom stereocenters. The van der Waals surface area contributed by atoms with Crippen molar-refractivity contribution < 1.29 is 14.3 Å². The summed E-state index contributed by atoms with van der Waals surface area (Å²) in [7, 11) is 1.55. The average molecular weight is 289 g/mol. The van der Waals surface area contributed by atoms with Crippen LogP contribution >= 0.6 is 0 Å². The summed E-state index contributed by atoms with van der Waals surface area (Å²) in [5.74, 6) is 0.698. The van der Waals surface area contributed by atoms with Gasteiger partial charge in [-0.25, -0.2) is 4.98 Å². The molecule has 1 saturated heterocycles. The lowest BCUT2D eigenvalue weighted by atomic mass is 10.0. The Morgan fingerprint density at radius 2 is 2.19 bits per heavy atom. The number of amides is 2. The van der Waals surface area contributed by atoms with E-state index in [0.29, 0.717) is 18.3 Å². The van der Waals surface area contributed by atoms with E-state index in [4.69, 9.17) is 4.74 Å². The molecule has 21 heavy (non-hydrogen) atoms. The van der Waals surface area contributed by atoms with Crippen molar-refractivity contribution in [3.8, 4) is 5.88 Å². The topological polar surface area (TPSA) is 71.5 Å². The number of carbonyl (C=O) groups excluding carboxylic acids is 2. The summed E-state index contributed by atoms with van der Waals surface area (Å²) in [6.07, 6.45) is 3.66. The van der Waals surface area contributed by atoms with Crippen molar-refractivity contribution in [1.82, 2.24) is 15.2 Å². The van der Waals surface area contributed by atoms with Gasteiger partial charge in [-0.3, -0.25) is 9.59 Å². The second kappa shape index (κ2) is 5.35. The Morgan fingerprint density at radius 1 is 1.43 bits per heavy atom. The summed E-state index contributed by atoms with van der Waals surface area (Å²) in [5, 5.41) is 2.85. The van der Waals surface area contributed by atoms with Gasteiger partial charge in [-0.2, -0.15) is 0 Å². The monoisotopic (exact) mass is 289 g/mol. The van der Waals surface area contributed by atoms with E-state index in [9.17, 15) is 9.59 Å². The minimum absolute atomic E-state index is 0.00416.